The number of hydrogen-bond donors (Lipinski definition) is 0. The summed E-state index contributed by atoms with van der Waals surface area (Å²) in [5.74, 6) is 0.755. The lowest BCUT2D eigenvalue weighted by atomic mass is 9.68. The molecule has 1 aliphatic rings. The Labute approximate surface area is 152 Å². The van der Waals surface area contributed by atoms with Crippen molar-refractivity contribution in [2.24, 2.45) is 16.7 Å². The van der Waals surface area contributed by atoms with E-state index in [2.05, 4.69) is 60.3 Å². The Kier molecular flexibility index (Phi) is 8.54. The van der Waals surface area contributed by atoms with Crippen LogP contribution in [-0.2, 0) is 0 Å². The Morgan fingerprint density at radius 2 is 1.46 bits per heavy atom. The summed E-state index contributed by atoms with van der Waals surface area (Å²) >= 11 is 0. The van der Waals surface area contributed by atoms with Crippen molar-refractivity contribution in [2.45, 2.75) is 99.3 Å². The number of hydrogen-bond acceptors (Lipinski definition) is 0. The lowest BCUT2D eigenvalue weighted by molar-refractivity contribution is 0.361. The lowest BCUT2D eigenvalue weighted by Gasteiger charge is -2.37. The second kappa shape index (κ2) is 9.64. The third-order valence-electron chi connectivity index (χ3n) is 5.41. The van der Waals surface area contributed by atoms with Gasteiger partial charge in [0.1, 0.15) is 0 Å². The number of unbranched alkanes of at least 4 members (excludes halogenated alkanes) is 6. The zero-order valence-corrected chi connectivity index (χ0v) is 17.4. The molecule has 0 bridgehead atoms. The van der Waals surface area contributed by atoms with Crippen molar-refractivity contribution in [3.8, 4) is 0 Å². The Bertz CT molecular complexity index is 434. The van der Waals surface area contributed by atoms with E-state index in [4.69, 9.17) is 0 Å². The summed E-state index contributed by atoms with van der Waals surface area (Å²) in [5, 5.41) is 0. The van der Waals surface area contributed by atoms with E-state index in [1.165, 1.54) is 57.8 Å². The highest BCUT2D eigenvalue weighted by Crippen LogP contribution is 2.43. The van der Waals surface area contributed by atoms with Gasteiger partial charge < -0.3 is 0 Å². The highest BCUT2D eigenvalue weighted by atomic mass is 14.4. The first-order valence-corrected chi connectivity index (χ1v) is 10.2. The zero-order chi connectivity index (χ0) is 18.2. The van der Waals surface area contributed by atoms with Gasteiger partial charge in [-0.15, -0.1) is 6.58 Å². The highest BCUT2D eigenvalue weighted by molar-refractivity contribution is 5.32. The second-order valence-corrected chi connectivity index (χ2v) is 9.70. The van der Waals surface area contributed by atoms with Crippen LogP contribution in [0.5, 0.6) is 0 Å². The molecule has 1 atom stereocenters. The molecule has 0 aromatic carbocycles. The van der Waals surface area contributed by atoms with Crippen molar-refractivity contribution in [1.29, 1.82) is 0 Å². The maximum absolute atomic E-state index is 3.80. The van der Waals surface area contributed by atoms with Crippen molar-refractivity contribution in [3.63, 3.8) is 0 Å². The lowest BCUT2D eigenvalue weighted by Crippen LogP contribution is -2.24. The van der Waals surface area contributed by atoms with Gasteiger partial charge in [-0.2, -0.15) is 0 Å². The van der Waals surface area contributed by atoms with Crippen LogP contribution >= 0.6 is 0 Å². The first-order valence-electron chi connectivity index (χ1n) is 10.2. The van der Waals surface area contributed by atoms with Crippen LogP contribution < -0.4 is 0 Å². The predicted octanol–water partition coefficient (Wildman–Crippen LogP) is 8.26. The smallest absolute Gasteiger partial charge is 0.0157 e. The van der Waals surface area contributed by atoms with Crippen molar-refractivity contribution in [3.05, 3.63) is 36.0 Å². The monoisotopic (exact) mass is 330 g/mol. The van der Waals surface area contributed by atoms with Crippen LogP contribution in [0, 0.1) is 16.7 Å². The van der Waals surface area contributed by atoms with Crippen molar-refractivity contribution >= 4 is 0 Å². The van der Waals surface area contributed by atoms with Crippen LogP contribution in [0.3, 0.4) is 0 Å². The molecule has 0 heterocycles. The molecule has 1 aliphatic carbocycles. The molecule has 0 radical (unpaired) electrons. The predicted molar refractivity (Wildman–Crippen MR) is 110 cm³/mol. The van der Waals surface area contributed by atoms with Gasteiger partial charge in [0.2, 0.25) is 0 Å². The molecule has 0 saturated heterocycles. The largest absolute Gasteiger partial charge is 0.103 e. The summed E-state index contributed by atoms with van der Waals surface area (Å²) in [6, 6.07) is 0. The summed E-state index contributed by atoms with van der Waals surface area (Å²) in [6.07, 6.45) is 19.0. The standard InChI is InChI=1S/C24H42/c1-8-9-10-11-12-13-14-15-16-20-19-21(23(2,3)4)17-18-22(20)24(5,6)7/h8,17-18,20H,1,9-16,19H2,2-7H3. The van der Waals surface area contributed by atoms with Crippen LogP contribution in [0.1, 0.15) is 99.3 Å². The van der Waals surface area contributed by atoms with E-state index in [0.717, 1.165) is 5.92 Å². The van der Waals surface area contributed by atoms with Gasteiger partial charge in [0, 0.05) is 0 Å². The normalized spacial score (nSPS) is 19.0. The Hall–Kier alpha value is -0.780. The maximum Gasteiger partial charge on any atom is -0.0157 e. The molecule has 24 heavy (non-hydrogen) atoms. The van der Waals surface area contributed by atoms with Crippen LogP contribution in [0.4, 0.5) is 0 Å². The van der Waals surface area contributed by atoms with E-state index >= 15 is 0 Å². The maximum atomic E-state index is 3.80. The average molecular weight is 331 g/mol. The minimum atomic E-state index is 0.301. The minimum Gasteiger partial charge on any atom is -0.103 e. The molecule has 0 heteroatoms. The summed E-state index contributed by atoms with van der Waals surface area (Å²) in [7, 11) is 0. The van der Waals surface area contributed by atoms with Crippen molar-refractivity contribution in [2.75, 3.05) is 0 Å². The molecular formula is C24H42. The zero-order valence-electron chi connectivity index (χ0n) is 17.4. The first-order chi connectivity index (χ1) is 11.2. The van der Waals surface area contributed by atoms with Crippen LogP contribution in [0.25, 0.3) is 0 Å². The topological polar surface area (TPSA) is 0 Å². The van der Waals surface area contributed by atoms with E-state index in [1.54, 1.807) is 11.1 Å². The molecule has 0 amide bonds. The van der Waals surface area contributed by atoms with Gasteiger partial charge in [0.05, 0.1) is 0 Å². The van der Waals surface area contributed by atoms with Gasteiger partial charge >= 0.3 is 0 Å². The summed E-state index contributed by atoms with van der Waals surface area (Å²) < 4.78 is 0. The molecule has 0 N–H and O–H groups in total. The van der Waals surface area contributed by atoms with E-state index < -0.39 is 0 Å². The Balaban J connectivity index is 2.48. The van der Waals surface area contributed by atoms with Gasteiger partial charge in [-0.05, 0) is 42.4 Å². The molecule has 0 saturated carbocycles. The molecule has 138 valence electrons. The van der Waals surface area contributed by atoms with Gasteiger partial charge in [0.25, 0.3) is 0 Å². The van der Waals surface area contributed by atoms with Gasteiger partial charge in [-0.25, -0.2) is 0 Å². The molecule has 0 fully saturated rings. The molecule has 0 aromatic rings. The van der Waals surface area contributed by atoms with E-state index in [9.17, 15) is 0 Å². The molecular weight excluding hydrogens is 288 g/mol. The SMILES string of the molecule is C=CCCCCCCCCC1CC(C(C)(C)C)=CC=C1C(C)(C)C. The van der Waals surface area contributed by atoms with Crippen LogP contribution in [0.2, 0.25) is 0 Å². The number of rotatable bonds is 9. The fourth-order valence-corrected chi connectivity index (χ4v) is 3.83. The molecule has 0 spiro atoms. The quantitative estimate of drug-likeness (QED) is 0.295. The first kappa shape index (κ1) is 21.3. The molecule has 1 unspecified atom stereocenters. The van der Waals surface area contributed by atoms with E-state index in [0.29, 0.717) is 10.8 Å². The Morgan fingerprint density at radius 3 is 2.00 bits per heavy atom. The van der Waals surface area contributed by atoms with Gasteiger partial charge in [0.15, 0.2) is 0 Å². The summed E-state index contributed by atoms with van der Waals surface area (Å²) in [4.78, 5) is 0. The molecule has 1 rings (SSSR count). The third-order valence-corrected chi connectivity index (χ3v) is 5.41. The second-order valence-electron chi connectivity index (χ2n) is 9.70. The minimum absolute atomic E-state index is 0.301. The highest BCUT2D eigenvalue weighted by Gasteiger charge is 2.30. The van der Waals surface area contributed by atoms with Crippen LogP contribution in [0.15, 0.2) is 36.0 Å². The van der Waals surface area contributed by atoms with E-state index in [-0.39, 0.29) is 0 Å². The summed E-state index contributed by atoms with van der Waals surface area (Å²) in [6.45, 7) is 18.0. The molecule has 0 nitrogen and oxygen atoms in total. The van der Waals surface area contributed by atoms with Crippen molar-refractivity contribution < 1.29 is 0 Å². The fraction of sp³-hybridized carbons (Fsp3) is 0.750. The average Bonchev–Trinajstić information content (AvgIpc) is 2.48. The van der Waals surface area contributed by atoms with Crippen LogP contribution in [-0.4, -0.2) is 0 Å². The van der Waals surface area contributed by atoms with Gasteiger partial charge in [-0.1, -0.05) is 103 Å². The molecule has 0 aromatic heterocycles. The Morgan fingerprint density at radius 1 is 0.875 bits per heavy atom. The van der Waals surface area contributed by atoms with Gasteiger partial charge in [-0.3, -0.25) is 0 Å². The third kappa shape index (κ3) is 7.41. The van der Waals surface area contributed by atoms with E-state index in [1.807, 2.05) is 6.08 Å². The fourth-order valence-electron chi connectivity index (χ4n) is 3.83. The van der Waals surface area contributed by atoms with Crippen molar-refractivity contribution in [1.82, 2.24) is 0 Å². The summed E-state index contributed by atoms with van der Waals surface area (Å²) in [5.41, 5.74) is 3.91. The number of allylic oxidation sites excluding steroid dienone is 5. The molecule has 0 aliphatic heterocycles.